The quantitative estimate of drug-likeness (QED) is 0.562. The summed E-state index contributed by atoms with van der Waals surface area (Å²) < 4.78 is 11.4. The Morgan fingerprint density at radius 3 is 2.83 bits per heavy atom. The molecule has 0 aromatic heterocycles. The average Bonchev–Trinajstić information content (AvgIpc) is 3.10. The van der Waals surface area contributed by atoms with Crippen LogP contribution in [-0.2, 0) is 9.63 Å². The van der Waals surface area contributed by atoms with Crippen LogP contribution >= 0.6 is 11.6 Å². The molecule has 1 amide bonds. The molecule has 2 aromatic rings. The van der Waals surface area contributed by atoms with Crippen LogP contribution in [0, 0.1) is 0 Å². The number of phenolic OH excluding ortho intramolecular Hbond substituents is 1. The first kappa shape index (κ1) is 21.2. The first-order valence-electron chi connectivity index (χ1n) is 9.10. The van der Waals surface area contributed by atoms with Crippen molar-refractivity contribution in [2.75, 3.05) is 31.6 Å². The molecule has 29 heavy (non-hydrogen) atoms. The molecule has 1 aliphatic rings. The Kier molecular flexibility index (Phi) is 7.16. The minimum atomic E-state index is -0.850. The van der Waals surface area contributed by atoms with E-state index in [-0.39, 0.29) is 36.7 Å². The summed E-state index contributed by atoms with van der Waals surface area (Å²) in [6.45, 7) is 2.41. The molecular formula is C20H23ClN2O6. The standard InChI is InChI=1S/C20H23ClN2O6/c1-13(24)22-19-7-4-15(25)8-20(19)27-11-16(26)9-23-10-18(12-28-23)29-17-5-2-14(21)3-6-17/h2-8,16,18,25-26H,9-12H2,1H3,(H,22,24)/t16-,18+/m0/s1. The number of carbonyl (C=O) groups excluding carboxylic acids is 1. The first-order valence-corrected chi connectivity index (χ1v) is 9.48. The maximum Gasteiger partial charge on any atom is 0.221 e. The lowest BCUT2D eigenvalue weighted by atomic mass is 10.2. The second-order valence-electron chi connectivity index (χ2n) is 6.66. The maximum absolute atomic E-state index is 11.3. The smallest absolute Gasteiger partial charge is 0.221 e. The number of benzene rings is 2. The summed E-state index contributed by atoms with van der Waals surface area (Å²) in [5.74, 6) is 0.695. The molecule has 1 fully saturated rings. The van der Waals surface area contributed by atoms with Crippen molar-refractivity contribution in [3.63, 3.8) is 0 Å². The number of hydrogen-bond acceptors (Lipinski definition) is 7. The van der Waals surface area contributed by atoms with Crippen molar-refractivity contribution >= 4 is 23.2 Å². The molecular weight excluding hydrogens is 400 g/mol. The number of hydrogen-bond donors (Lipinski definition) is 3. The number of hydroxylamine groups is 2. The van der Waals surface area contributed by atoms with Crippen molar-refractivity contribution in [3.8, 4) is 17.2 Å². The van der Waals surface area contributed by atoms with E-state index in [1.54, 1.807) is 29.3 Å². The molecule has 0 aliphatic carbocycles. The Bertz CT molecular complexity index is 832. The van der Waals surface area contributed by atoms with Crippen LogP contribution in [0.25, 0.3) is 0 Å². The van der Waals surface area contributed by atoms with Gasteiger partial charge in [0, 0.05) is 18.0 Å². The normalized spacial score (nSPS) is 17.7. The number of amides is 1. The summed E-state index contributed by atoms with van der Waals surface area (Å²) in [7, 11) is 0. The fraction of sp³-hybridized carbons (Fsp3) is 0.350. The summed E-state index contributed by atoms with van der Waals surface area (Å²) in [4.78, 5) is 16.8. The van der Waals surface area contributed by atoms with E-state index in [0.29, 0.717) is 29.6 Å². The van der Waals surface area contributed by atoms with Crippen LogP contribution in [0.5, 0.6) is 17.2 Å². The lowest BCUT2D eigenvalue weighted by Crippen LogP contribution is -2.34. The third-order valence-electron chi connectivity index (χ3n) is 4.09. The number of β-amino-alcohol motifs (C(OH)–C–C–N with tert-alkyl or cyclic N) is 1. The topological polar surface area (TPSA) is 100 Å². The van der Waals surface area contributed by atoms with Crippen molar-refractivity contribution in [1.29, 1.82) is 0 Å². The largest absolute Gasteiger partial charge is 0.508 e. The lowest BCUT2D eigenvalue weighted by Gasteiger charge is -2.20. The minimum absolute atomic E-state index is 0.00587. The Balaban J connectivity index is 1.46. The molecule has 156 valence electrons. The van der Waals surface area contributed by atoms with Gasteiger partial charge in [-0.3, -0.25) is 9.63 Å². The fourth-order valence-electron chi connectivity index (χ4n) is 2.82. The highest BCUT2D eigenvalue weighted by molar-refractivity contribution is 6.30. The van der Waals surface area contributed by atoms with E-state index in [2.05, 4.69) is 5.32 Å². The lowest BCUT2D eigenvalue weighted by molar-refractivity contribution is -0.131. The van der Waals surface area contributed by atoms with E-state index in [9.17, 15) is 15.0 Å². The number of anilines is 1. The van der Waals surface area contributed by atoms with Crippen LogP contribution in [0.4, 0.5) is 5.69 Å². The summed E-state index contributed by atoms with van der Waals surface area (Å²) in [6, 6.07) is 11.4. The van der Waals surface area contributed by atoms with Crippen molar-refractivity contribution in [1.82, 2.24) is 5.06 Å². The number of nitrogens with one attached hydrogen (secondary N) is 1. The summed E-state index contributed by atoms with van der Waals surface area (Å²) >= 11 is 5.86. The van der Waals surface area contributed by atoms with Gasteiger partial charge in [0.25, 0.3) is 0 Å². The number of aliphatic hydroxyl groups is 1. The fourth-order valence-corrected chi connectivity index (χ4v) is 2.95. The number of aliphatic hydroxyl groups excluding tert-OH is 1. The number of carbonyl (C=O) groups is 1. The molecule has 1 aliphatic heterocycles. The highest BCUT2D eigenvalue weighted by Gasteiger charge is 2.27. The van der Waals surface area contributed by atoms with Gasteiger partial charge >= 0.3 is 0 Å². The molecule has 9 heteroatoms. The van der Waals surface area contributed by atoms with E-state index in [1.807, 2.05) is 0 Å². The molecule has 1 heterocycles. The first-order chi connectivity index (χ1) is 13.9. The van der Waals surface area contributed by atoms with Gasteiger partial charge in [0.05, 0.1) is 18.8 Å². The molecule has 3 N–H and O–H groups in total. The third-order valence-corrected chi connectivity index (χ3v) is 4.34. The monoisotopic (exact) mass is 422 g/mol. The van der Waals surface area contributed by atoms with Gasteiger partial charge in [-0.2, -0.15) is 5.06 Å². The predicted molar refractivity (Wildman–Crippen MR) is 107 cm³/mol. The molecule has 8 nitrogen and oxygen atoms in total. The van der Waals surface area contributed by atoms with Gasteiger partial charge in [-0.15, -0.1) is 0 Å². The zero-order chi connectivity index (χ0) is 20.8. The number of aromatic hydroxyl groups is 1. The molecule has 0 bridgehead atoms. The van der Waals surface area contributed by atoms with Gasteiger partial charge in [0.1, 0.15) is 42.7 Å². The number of ether oxygens (including phenoxy) is 2. The Morgan fingerprint density at radius 2 is 2.10 bits per heavy atom. The van der Waals surface area contributed by atoms with E-state index in [4.69, 9.17) is 25.9 Å². The Hall–Kier alpha value is -2.52. The summed E-state index contributed by atoms with van der Waals surface area (Å²) in [5.41, 5.74) is 0.413. The number of rotatable bonds is 8. The van der Waals surface area contributed by atoms with Crippen LogP contribution in [0.3, 0.4) is 0 Å². The zero-order valence-electron chi connectivity index (χ0n) is 15.9. The highest BCUT2D eigenvalue weighted by atomic mass is 35.5. The van der Waals surface area contributed by atoms with Crippen LogP contribution in [0.1, 0.15) is 6.92 Å². The SMILES string of the molecule is CC(=O)Nc1ccc(O)cc1OC[C@@H](O)CN1C[C@@H](Oc2ccc(Cl)cc2)CO1. The van der Waals surface area contributed by atoms with E-state index >= 15 is 0 Å². The zero-order valence-corrected chi connectivity index (χ0v) is 16.6. The molecule has 3 rings (SSSR count). The average molecular weight is 423 g/mol. The summed E-state index contributed by atoms with van der Waals surface area (Å²) in [5, 5.41) is 24.8. The van der Waals surface area contributed by atoms with Crippen molar-refractivity contribution < 1.29 is 29.3 Å². The molecule has 0 saturated carbocycles. The van der Waals surface area contributed by atoms with E-state index in [0.717, 1.165) is 0 Å². The van der Waals surface area contributed by atoms with Crippen molar-refractivity contribution in [2.45, 2.75) is 19.1 Å². The Morgan fingerprint density at radius 1 is 1.34 bits per heavy atom. The Labute approximate surface area is 173 Å². The van der Waals surface area contributed by atoms with Crippen molar-refractivity contribution in [3.05, 3.63) is 47.5 Å². The molecule has 2 aromatic carbocycles. The van der Waals surface area contributed by atoms with Crippen LogP contribution < -0.4 is 14.8 Å². The van der Waals surface area contributed by atoms with Gasteiger partial charge in [0.15, 0.2) is 0 Å². The second-order valence-corrected chi connectivity index (χ2v) is 7.10. The number of nitrogens with zero attached hydrogens (tertiary/aromatic N) is 1. The molecule has 0 unspecified atom stereocenters. The van der Waals surface area contributed by atoms with E-state index < -0.39 is 6.10 Å². The minimum Gasteiger partial charge on any atom is -0.508 e. The van der Waals surface area contributed by atoms with Crippen LogP contribution in [0.15, 0.2) is 42.5 Å². The van der Waals surface area contributed by atoms with E-state index in [1.165, 1.54) is 25.1 Å². The molecule has 1 saturated heterocycles. The highest BCUT2D eigenvalue weighted by Crippen LogP contribution is 2.29. The summed E-state index contributed by atoms with van der Waals surface area (Å²) in [6.07, 6.45) is -1.02. The molecule has 2 atom stereocenters. The van der Waals surface area contributed by atoms with Gasteiger partial charge in [-0.25, -0.2) is 0 Å². The number of halogens is 1. The number of phenols is 1. The van der Waals surface area contributed by atoms with Gasteiger partial charge in [-0.1, -0.05) is 11.6 Å². The maximum atomic E-state index is 11.3. The van der Waals surface area contributed by atoms with Crippen LogP contribution in [0.2, 0.25) is 5.02 Å². The second kappa shape index (κ2) is 9.80. The molecule has 0 radical (unpaired) electrons. The predicted octanol–water partition coefficient (Wildman–Crippen LogP) is 2.44. The van der Waals surface area contributed by atoms with Gasteiger partial charge in [0.2, 0.25) is 5.91 Å². The van der Waals surface area contributed by atoms with Crippen molar-refractivity contribution in [2.24, 2.45) is 0 Å². The van der Waals surface area contributed by atoms with Gasteiger partial charge in [-0.05, 0) is 36.4 Å². The molecule has 0 spiro atoms. The van der Waals surface area contributed by atoms with Crippen LogP contribution in [-0.4, -0.2) is 59.7 Å². The third kappa shape index (κ3) is 6.50. The van der Waals surface area contributed by atoms with Gasteiger partial charge < -0.3 is 25.0 Å².